The molecule has 0 saturated heterocycles. The Kier molecular flexibility index (Phi) is 5.03. The third kappa shape index (κ3) is 3.66. The Morgan fingerprint density at radius 1 is 0.400 bits per heavy atom. The van der Waals surface area contributed by atoms with Gasteiger partial charge in [0.15, 0.2) is 0 Å². The average molecular weight is 517 g/mol. The van der Waals surface area contributed by atoms with Crippen LogP contribution >= 0.6 is 0 Å². The van der Waals surface area contributed by atoms with Gasteiger partial charge in [-0.3, -0.25) is 0 Å². The maximum atomic E-state index is 5.47. The van der Waals surface area contributed by atoms with Crippen molar-refractivity contribution in [3.8, 4) is 45.7 Å². The summed E-state index contributed by atoms with van der Waals surface area (Å²) >= 11 is 0. The minimum atomic E-state index is 0.510. The Morgan fingerprint density at radius 2 is 0.850 bits per heavy atom. The zero-order valence-corrected chi connectivity index (χ0v) is 21.2. The molecule has 4 aromatic heterocycles. The summed E-state index contributed by atoms with van der Waals surface area (Å²) < 4.78 is 10.9. The second-order valence-corrected chi connectivity index (χ2v) is 9.56. The quantitative estimate of drug-likeness (QED) is 0.218. The van der Waals surface area contributed by atoms with Gasteiger partial charge < -0.3 is 8.83 Å². The first-order valence-electron chi connectivity index (χ1n) is 12.9. The van der Waals surface area contributed by atoms with E-state index in [1.165, 1.54) is 32.3 Å². The second kappa shape index (κ2) is 8.99. The summed E-state index contributed by atoms with van der Waals surface area (Å²) in [5, 5.41) is 7.12. The first kappa shape index (κ1) is 22.4. The number of rotatable bonds is 4. The van der Waals surface area contributed by atoms with Gasteiger partial charge in [0.2, 0.25) is 11.8 Å². The number of benzene rings is 4. The van der Waals surface area contributed by atoms with Crippen LogP contribution in [0.15, 0.2) is 131 Å². The van der Waals surface area contributed by atoms with Crippen molar-refractivity contribution in [2.24, 2.45) is 0 Å². The van der Waals surface area contributed by atoms with E-state index >= 15 is 0 Å². The monoisotopic (exact) mass is 516 g/mol. The molecule has 0 aliphatic carbocycles. The molecule has 0 aliphatic rings. The molecular weight excluding hydrogens is 496 g/mol. The zero-order chi connectivity index (χ0) is 26.5. The van der Waals surface area contributed by atoms with Gasteiger partial charge in [0.1, 0.15) is 23.9 Å². The fourth-order valence-electron chi connectivity index (χ4n) is 5.40. The lowest BCUT2D eigenvalue weighted by Crippen LogP contribution is -1.90. The van der Waals surface area contributed by atoms with Crippen molar-refractivity contribution in [1.29, 1.82) is 0 Å². The molecule has 8 rings (SSSR count). The van der Waals surface area contributed by atoms with Crippen molar-refractivity contribution in [1.82, 2.24) is 19.9 Å². The highest BCUT2D eigenvalue weighted by molar-refractivity contribution is 6.26. The van der Waals surface area contributed by atoms with Crippen LogP contribution in [-0.2, 0) is 0 Å². The molecule has 40 heavy (non-hydrogen) atoms. The van der Waals surface area contributed by atoms with E-state index in [0.29, 0.717) is 23.2 Å². The number of nitrogens with zero attached hydrogens (tertiary/aromatic N) is 4. The molecule has 0 atom stereocenters. The van der Waals surface area contributed by atoms with Gasteiger partial charge in [-0.2, -0.15) is 0 Å². The average Bonchev–Trinajstić information content (AvgIpc) is 3.77. The minimum absolute atomic E-state index is 0.510. The highest BCUT2D eigenvalue weighted by Crippen LogP contribution is 2.38. The molecule has 0 unspecified atom stereocenters. The Balaban J connectivity index is 1.30. The van der Waals surface area contributed by atoms with E-state index in [1.54, 1.807) is 24.9 Å². The Hall–Kier alpha value is -5.62. The molecule has 0 amide bonds. The van der Waals surface area contributed by atoms with Gasteiger partial charge in [-0.1, -0.05) is 60.7 Å². The van der Waals surface area contributed by atoms with Gasteiger partial charge in [-0.15, -0.1) is 0 Å². The summed E-state index contributed by atoms with van der Waals surface area (Å²) in [5.41, 5.74) is 5.23. The third-order valence-electron chi connectivity index (χ3n) is 7.23. The molecule has 8 aromatic rings. The third-order valence-corrected chi connectivity index (χ3v) is 7.23. The summed E-state index contributed by atoms with van der Waals surface area (Å²) in [5.74, 6) is 1.02. The molecule has 4 aromatic carbocycles. The van der Waals surface area contributed by atoms with Crippen LogP contribution in [0.25, 0.3) is 78.0 Å². The highest BCUT2D eigenvalue weighted by Gasteiger charge is 2.14. The van der Waals surface area contributed by atoms with Crippen LogP contribution < -0.4 is 0 Å². The predicted octanol–water partition coefficient (Wildman–Crippen LogP) is 8.58. The smallest absolute Gasteiger partial charge is 0.245 e. The van der Waals surface area contributed by atoms with E-state index < -0.39 is 0 Å². The topological polar surface area (TPSA) is 77.8 Å². The number of oxazole rings is 2. The van der Waals surface area contributed by atoms with E-state index in [-0.39, 0.29) is 0 Å². The summed E-state index contributed by atoms with van der Waals surface area (Å²) in [6.45, 7) is 0. The van der Waals surface area contributed by atoms with Crippen molar-refractivity contribution in [3.63, 3.8) is 0 Å². The van der Waals surface area contributed by atoms with Gasteiger partial charge >= 0.3 is 0 Å². The van der Waals surface area contributed by atoms with Crippen molar-refractivity contribution in [3.05, 3.63) is 122 Å². The Morgan fingerprint density at radius 3 is 1.30 bits per heavy atom. The van der Waals surface area contributed by atoms with Crippen LogP contribution in [0.2, 0.25) is 0 Å². The lowest BCUT2D eigenvalue weighted by Gasteiger charge is -2.13. The predicted molar refractivity (Wildman–Crippen MR) is 156 cm³/mol. The molecule has 4 heterocycles. The largest absolute Gasteiger partial charge is 0.443 e. The van der Waals surface area contributed by atoms with E-state index in [0.717, 1.165) is 22.5 Å². The van der Waals surface area contributed by atoms with E-state index in [2.05, 4.69) is 70.6 Å². The Bertz CT molecular complexity index is 1990. The molecule has 0 N–H and O–H groups in total. The standard InChI is InChI=1S/C34H20N4O2/c1-2-6-24-23(5-1)27-19-21(29-7-3-9-31(37-29)33-35-15-17-39-33)11-13-25(27)26-14-12-22(20-28(24)26)30-8-4-10-32(38-30)34-36-16-18-40-34/h1-20H. The fourth-order valence-corrected chi connectivity index (χ4v) is 5.40. The molecule has 0 fully saturated rings. The van der Waals surface area contributed by atoms with Crippen LogP contribution in [0, 0.1) is 0 Å². The van der Waals surface area contributed by atoms with Crippen LogP contribution in [0.1, 0.15) is 0 Å². The summed E-state index contributed by atoms with van der Waals surface area (Å²) in [6, 6.07) is 33.5. The van der Waals surface area contributed by atoms with Crippen molar-refractivity contribution in [2.45, 2.75) is 0 Å². The maximum absolute atomic E-state index is 5.47. The summed E-state index contributed by atoms with van der Waals surface area (Å²) in [4.78, 5) is 18.2. The molecule has 0 bridgehead atoms. The van der Waals surface area contributed by atoms with Gasteiger partial charge in [0, 0.05) is 11.1 Å². The van der Waals surface area contributed by atoms with E-state index in [1.807, 2.05) is 36.4 Å². The molecule has 0 radical (unpaired) electrons. The molecule has 6 nitrogen and oxygen atoms in total. The number of pyridine rings is 2. The van der Waals surface area contributed by atoms with Gasteiger partial charge in [0.05, 0.1) is 23.8 Å². The molecular formula is C34H20N4O2. The van der Waals surface area contributed by atoms with Crippen LogP contribution in [0.3, 0.4) is 0 Å². The summed E-state index contributed by atoms with van der Waals surface area (Å²) in [7, 11) is 0. The molecule has 188 valence electrons. The molecule has 6 heteroatoms. The first-order valence-corrected chi connectivity index (χ1v) is 12.9. The van der Waals surface area contributed by atoms with E-state index in [4.69, 9.17) is 18.8 Å². The molecule has 0 spiro atoms. The lowest BCUT2D eigenvalue weighted by atomic mass is 9.91. The summed E-state index contributed by atoms with van der Waals surface area (Å²) in [6.07, 6.45) is 6.38. The van der Waals surface area contributed by atoms with Crippen molar-refractivity contribution < 1.29 is 8.83 Å². The fraction of sp³-hybridized carbons (Fsp3) is 0. The normalized spacial score (nSPS) is 11.5. The maximum Gasteiger partial charge on any atom is 0.245 e. The lowest BCUT2D eigenvalue weighted by molar-refractivity contribution is 0.572. The number of fused-ring (bicyclic) bond motifs is 6. The number of aromatic nitrogens is 4. The van der Waals surface area contributed by atoms with Crippen molar-refractivity contribution in [2.75, 3.05) is 0 Å². The number of hydrogen-bond donors (Lipinski definition) is 0. The highest BCUT2D eigenvalue weighted by atomic mass is 16.3. The van der Waals surface area contributed by atoms with Gasteiger partial charge in [-0.05, 0) is 68.7 Å². The van der Waals surface area contributed by atoms with Gasteiger partial charge in [0.25, 0.3) is 0 Å². The first-order chi connectivity index (χ1) is 19.8. The molecule has 0 aliphatic heterocycles. The second-order valence-electron chi connectivity index (χ2n) is 9.56. The van der Waals surface area contributed by atoms with Crippen LogP contribution in [0.4, 0.5) is 0 Å². The Labute approximate surface area is 228 Å². The minimum Gasteiger partial charge on any atom is -0.443 e. The SMILES string of the molecule is c1cc(-c2ccc3c4ccc(-c5cccc(-c6ncco6)n5)cc4c4ccccc4c3c2)nc(-c2ncco2)c1. The van der Waals surface area contributed by atoms with Crippen LogP contribution in [0.5, 0.6) is 0 Å². The van der Waals surface area contributed by atoms with Gasteiger partial charge in [-0.25, -0.2) is 19.9 Å². The van der Waals surface area contributed by atoms with Crippen LogP contribution in [-0.4, -0.2) is 19.9 Å². The zero-order valence-electron chi connectivity index (χ0n) is 21.2. The molecule has 0 saturated carbocycles. The van der Waals surface area contributed by atoms with E-state index in [9.17, 15) is 0 Å². The number of hydrogen-bond acceptors (Lipinski definition) is 6. The van der Waals surface area contributed by atoms with Crippen molar-refractivity contribution >= 4 is 32.3 Å².